The molecule has 98 valence electrons. The van der Waals surface area contributed by atoms with Gasteiger partial charge < -0.3 is 5.73 Å². The van der Waals surface area contributed by atoms with E-state index < -0.39 is 0 Å². The second-order valence-corrected chi connectivity index (χ2v) is 5.28. The van der Waals surface area contributed by atoms with E-state index in [9.17, 15) is 0 Å². The zero-order chi connectivity index (χ0) is 13.7. The number of hydrogen-bond donors (Lipinski definition) is 1. The zero-order valence-electron chi connectivity index (χ0n) is 11.1. The number of hydrogen-bond acceptors (Lipinski definition) is 3. The number of nitrogens with zero attached hydrogens (tertiary/aromatic N) is 1. The molecule has 0 aliphatic heterocycles. The minimum atomic E-state index is 0.648. The summed E-state index contributed by atoms with van der Waals surface area (Å²) in [6.45, 7) is 6.39. The lowest BCUT2D eigenvalue weighted by Crippen LogP contribution is -2.01. The third kappa shape index (κ3) is 3.19. The lowest BCUT2D eigenvalue weighted by Gasteiger charge is -2.01. The van der Waals surface area contributed by atoms with Crippen LogP contribution in [0.25, 0.3) is 15.8 Å². The molecule has 19 heavy (non-hydrogen) atoms. The van der Waals surface area contributed by atoms with Gasteiger partial charge in [0.2, 0.25) is 0 Å². The number of fused-ring (bicyclic) bond motifs is 1. The summed E-state index contributed by atoms with van der Waals surface area (Å²) in [6, 6.07) is 6.37. The van der Waals surface area contributed by atoms with Crippen LogP contribution in [0.2, 0.25) is 0 Å². The summed E-state index contributed by atoms with van der Waals surface area (Å²) in [5.74, 6) is 0. The topological polar surface area (TPSA) is 38.9 Å². The van der Waals surface area contributed by atoms with E-state index in [-0.39, 0.29) is 0 Å². The first-order valence-electron chi connectivity index (χ1n) is 6.33. The fourth-order valence-electron chi connectivity index (χ4n) is 1.91. The average Bonchev–Trinajstić information content (AvgIpc) is 2.81. The van der Waals surface area contributed by atoms with Gasteiger partial charge in [-0.3, -0.25) is 0 Å². The molecule has 1 aromatic heterocycles. The summed E-state index contributed by atoms with van der Waals surface area (Å²) in [5.41, 5.74) is 9.03. The molecule has 0 fully saturated rings. The van der Waals surface area contributed by atoms with Crippen LogP contribution in [0.1, 0.15) is 17.5 Å². The standard InChI is InChI=1S/C16H18N2S/c1-3-5-6-12(4-2)13-7-8-14-15(11-13)19-16(18-14)9-10-17/h3-8,11H,1,9-10,17H2,2H3/b6-5-,12-4+. The van der Waals surface area contributed by atoms with Gasteiger partial charge in [0, 0.05) is 6.42 Å². The Morgan fingerprint density at radius 1 is 1.47 bits per heavy atom. The third-order valence-electron chi connectivity index (χ3n) is 2.85. The van der Waals surface area contributed by atoms with Crippen molar-refractivity contribution in [2.45, 2.75) is 13.3 Å². The molecule has 0 spiro atoms. The van der Waals surface area contributed by atoms with E-state index in [1.165, 1.54) is 15.8 Å². The van der Waals surface area contributed by atoms with Crippen LogP contribution in [0, 0.1) is 0 Å². The SMILES string of the molecule is C=C/C=C\C(=C/C)c1ccc2nc(CCN)sc2c1. The molecule has 2 aromatic rings. The summed E-state index contributed by atoms with van der Waals surface area (Å²) in [7, 11) is 0. The quantitative estimate of drug-likeness (QED) is 0.836. The smallest absolute Gasteiger partial charge is 0.0951 e. The number of aromatic nitrogens is 1. The lowest BCUT2D eigenvalue weighted by atomic mass is 10.1. The molecule has 0 saturated carbocycles. The molecule has 2 nitrogen and oxygen atoms in total. The van der Waals surface area contributed by atoms with Gasteiger partial charge in [-0.15, -0.1) is 11.3 Å². The molecule has 1 heterocycles. The van der Waals surface area contributed by atoms with Gasteiger partial charge in [-0.05, 0) is 36.7 Å². The van der Waals surface area contributed by atoms with Gasteiger partial charge >= 0.3 is 0 Å². The van der Waals surface area contributed by atoms with Crippen molar-refractivity contribution >= 4 is 27.1 Å². The molecule has 2 N–H and O–H groups in total. The molecule has 0 unspecified atom stereocenters. The van der Waals surface area contributed by atoms with Crippen LogP contribution in [0.5, 0.6) is 0 Å². The summed E-state index contributed by atoms with van der Waals surface area (Å²) in [5, 5.41) is 1.11. The Bertz CT molecular complexity index is 635. The zero-order valence-corrected chi connectivity index (χ0v) is 11.9. The van der Waals surface area contributed by atoms with Crippen molar-refractivity contribution in [3.05, 3.63) is 59.7 Å². The van der Waals surface area contributed by atoms with Gasteiger partial charge in [-0.1, -0.05) is 36.9 Å². The first-order chi connectivity index (χ1) is 9.28. The van der Waals surface area contributed by atoms with E-state index >= 15 is 0 Å². The van der Waals surface area contributed by atoms with E-state index in [2.05, 4.69) is 41.9 Å². The number of benzene rings is 1. The maximum absolute atomic E-state index is 5.58. The molecule has 0 aliphatic rings. The normalized spacial score (nSPS) is 12.4. The highest BCUT2D eigenvalue weighted by Crippen LogP contribution is 2.26. The van der Waals surface area contributed by atoms with Gasteiger partial charge in [0.05, 0.1) is 15.2 Å². The molecule has 0 bridgehead atoms. The van der Waals surface area contributed by atoms with Crippen LogP contribution in [-0.2, 0) is 6.42 Å². The number of allylic oxidation sites excluding steroid dienone is 5. The molecule has 0 atom stereocenters. The molecule has 3 heteroatoms. The summed E-state index contributed by atoms with van der Waals surface area (Å²) in [6.07, 6.45) is 8.75. The average molecular weight is 270 g/mol. The van der Waals surface area contributed by atoms with E-state index in [1.54, 1.807) is 17.4 Å². The van der Waals surface area contributed by atoms with Crippen LogP contribution in [0.4, 0.5) is 0 Å². The van der Waals surface area contributed by atoms with Crippen molar-refractivity contribution in [2.24, 2.45) is 5.73 Å². The Balaban J connectivity index is 2.39. The molecular formula is C16H18N2S. The van der Waals surface area contributed by atoms with Crippen LogP contribution in [0.15, 0.2) is 49.1 Å². The monoisotopic (exact) mass is 270 g/mol. The summed E-state index contributed by atoms with van der Waals surface area (Å²) >= 11 is 1.73. The highest BCUT2D eigenvalue weighted by atomic mass is 32.1. The largest absolute Gasteiger partial charge is 0.330 e. The van der Waals surface area contributed by atoms with Crippen molar-refractivity contribution < 1.29 is 0 Å². The van der Waals surface area contributed by atoms with Crippen molar-refractivity contribution in [3.8, 4) is 0 Å². The van der Waals surface area contributed by atoms with Crippen molar-refractivity contribution in [1.82, 2.24) is 4.98 Å². The maximum Gasteiger partial charge on any atom is 0.0951 e. The maximum atomic E-state index is 5.58. The molecule has 0 saturated heterocycles. The summed E-state index contributed by atoms with van der Waals surface area (Å²) in [4.78, 5) is 4.58. The highest BCUT2D eigenvalue weighted by Gasteiger charge is 2.05. The molecular weight excluding hydrogens is 252 g/mol. The van der Waals surface area contributed by atoms with Crippen LogP contribution < -0.4 is 5.73 Å². The number of rotatable bonds is 5. The van der Waals surface area contributed by atoms with E-state index in [1.807, 2.05) is 13.0 Å². The number of thiazole rings is 1. The van der Waals surface area contributed by atoms with Crippen LogP contribution in [0.3, 0.4) is 0 Å². The van der Waals surface area contributed by atoms with Crippen LogP contribution >= 0.6 is 11.3 Å². The predicted octanol–water partition coefficient (Wildman–Crippen LogP) is 3.94. The van der Waals surface area contributed by atoms with E-state index in [0.717, 1.165) is 16.9 Å². The van der Waals surface area contributed by atoms with E-state index in [0.29, 0.717) is 6.54 Å². The van der Waals surface area contributed by atoms with E-state index in [4.69, 9.17) is 5.73 Å². The van der Waals surface area contributed by atoms with Gasteiger partial charge in [-0.25, -0.2) is 4.98 Å². The Morgan fingerprint density at radius 3 is 3.00 bits per heavy atom. The Morgan fingerprint density at radius 2 is 2.32 bits per heavy atom. The van der Waals surface area contributed by atoms with Gasteiger partial charge in [-0.2, -0.15) is 0 Å². The van der Waals surface area contributed by atoms with Crippen molar-refractivity contribution in [2.75, 3.05) is 6.54 Å². The fraction of sp³-hybridized carbons (Fsp3) is 0.188. The minimum Gasteiger partial charge on any atom is -0.330 e. The molecule has 2 rings (SSSR count). The highest BCUT2D eigenvalue weighted by molar-refractivity contribution is 7.18. The van der Waals surface area contributed by atoms with Gasteiger partial charge in [0.1, 0.15) is 0 Å². The van der Waals surface area contributed by atoms with Gasteiger partial charge in [0.15, 0.2) is 0 Å². The second kappa shape index (κ2) is 6.45. The lowest BCUT2D eigenvalue weighted by molar-refractivity contribution is 0.958. The number of nitrogens with two attached hydrogens (primary N) is 1. The summed E-state index contributed by atoms with van der Waals surface area (Å²) < 4.78 is 1.22. The second-order valence-electron chi connectivity index (χ2n) is 4.17. The minimum absolute atomic E-state index is 0.648. The van der Waals surface area contributed by atoms with Crippen molar-refractivity contribution in [3.63, 3.8) is 0 Å². The Kier molecular flexibility index (Phi) is 4.66. The molecule has 0 radical (unpaired) electrons. The molecule has 1 aromatic carbocycles. The fourth-order valence-corrected chi connectivity index (χ4v) is 2.94. The Hall–Kier alpha value is -1.71. The third-order valence-corrected chi connectivity index (χ3v) is 3.93. The molecule has 0 amide bonds. The van der Waals surface area contributed by atoms with Gasteiger partial charge in [0.25, 0.3) is 0 Å². The predicted molar refractivity (Wildman–Crippen MR) is 85.4 cm³/mol. The Labute approximate surface area is 118 Å². The van der Waals surface area contributed by atoms with Crippen LogP contribution in [-0.4, -0.2) is 11.5 Å². The first-order valence-corrected chi connectivity index (χ1v) is 7.15. The molecule has 0 aliphatic carbocycles. The first kappa shape index (κ1) is 13.7. The van der Waals surface area contributed by atoms with Crippen molar-refractivity contribution in [1.29, 1.82) is 0 Å².